The smallest absolute Gasteiger partial charge is 0.251 e. The van der Waals surface area contributed by atoms with Gasteiger partial charge in [0.15, 0.2) is 0 Å². The lowest BCUT2D eigenvalue weighted by Crippen LogP contribution is -2.49. The zero-order valence-electron chi connectivity index (χ0n) is 11.9. The molecule has 0 bridgehead atoms. The first kappa shape index (κ1) is 15.8. The van der Waals surface area contributed by atoms with Crippen LogP contribution in [0.15, 0.2) is 22.7 Å². The van der Waals surface area contributed by atoms with E-state index in [-0.39, 0.29) is 12.5 Å². The van der Waals surface area contributed by atoms with Gasteiger partial charge in [-0.05, 0) is 28.1 Å². The number of anilines is 1. The molecule has 1 aliphatic rings. The van der Waals surface area contributed by atoms with Gasteiger partial charge in [-0.15, -0.1) is 0 Å². The number of benzene rings is 1. The lowest BCUT2D eigenvalue weighted by Gasteiger charge is -2.30. The number of hydrogen-bond donors (Lipinski definition) is 2. The summed E-state index contributed by atoms with van der Waals surface area (Å²) in [6, 6.07) is 5.36. The molecule has 1 heterocycles. The number of amides is 2. The molecule has 1 aliphatic heterocycles. The maximum absolute atomic E-state index is 12.3. The van der Waals surface area contributed by atoms with Gasteiger partial charge in [-0.2, -0.15) is 0 Å². The number of carbonyl (C=O) groups excluding carboxylic acids is 2. The Morgan fingerprint density at radius 3 is 2.67 bits per heavy atom. The molecule has 1 aromatic carbocycles. The van der Waals surface area contributed by atoms with Gasteiger partial charge in [0.25, 0.3) is 5.91 Å². The summed E-state index contributed by atoms with van der Waals surface area (Å²) in [5.74, 6) is -0.464. The summed E-state index contributed by atoms with van der Waals surface area (Å²) in [5.41, 5.74) is 6.48. The number of nitrogens with two attached hydrogens (primary N) is 1. The third-order valence-corrected chi connectivity index (χ3v) is 4.15. The molecule has 7 heteroatoms. The van der Waals surface area contributed by atoms with Crippen molar-refractivity contribution in [1.29, 1.82) is 0 Å². The fraction of sp³-hybridized carbons (Fsp3) is 0.429. The van der Waals surface area contributed by atoms with Crippen LogP contribution in [0.2, 0.25) is 0 Å². The standard InChI is InChI=1S/C14H19BrN4O2/c1-18(9-12(20)19-7-5-17-6-8-19)11-4-2-3-10(15)13(11)14(16)21/h2-4,17H,5-9H2,1H3,(H2,16,21). The number of nitrogens with one attached hydrogen (secondary N) is 1. The normalized spacial score (nSPS) is 14.9. The molecule has 0 radical (unpaired) electrons. The Morgan fingerprint density at radius 2 is 2.05 bits per heavy atom. The molecular formula is C14H19BrN4O2. The van der Waals surface area contributed by atoms with Crippen LogP contribution in [0.3, 0.4) is 0 Å². The minimum absolute atomic E-state index is 0.0504. The fourth-order valence-electron chi connectivity index (χ4n) is 2.38. The van der Waals surface area contributed by atoms with Gasteiger partial charge in [-0.25, -0.2) is 0 Å². The summed E-state index contributed by atoms with van der Waals surface area (Å²) < 4.78 is 0.633. The summed E-state index contributed by atoms with van der Waals surface area (Å²) in [5, 5.41) is 3.21. The Morgan fingerprint density at radius 1 is 1.38 bits per heavy atom. The average Bonchev–Trinajstić information content (AvgIpc) is 2.47. The molecule has 114 valence electrons. The maximum atomic E-state index is 12.3. The second-order valence-electron chi connectivity index (χ2n) is 4.99. The Bertz CT molecular complexity index is 544. The van der Waals surface area contributed by atoms with Crippen molar-refractivity contribution in [2.75, 3.05) is 44.7 Å². The molecule has 0 unspecified atom stereocenters. The molecule has 2 rings (SSSR count). The van der Waals surface area contributed by atoms with Crippen LogP contribution >= 0.6 is 15.9 Å². The molecule has 3 N–H and O–H groups in total. The molecular weight excluding hydrogens is 336 g/mol. The Balaban J connectivity index is 2.13. The fourth-order valence-corrected chi connectivity index (χ4v) is 2.93. The van der Waals surface area contributed by atoms with Crippen molar-refractivity contribution in [1.82, 2.24) is 10.2 Å². The van der Waals surface area contributed by atoms with E-state index < -0.39 is 5.91 Å². The molecule has 0 spiro atoms. The second-order valence-corrected chi connectivity index (χ2v) is 5.84. The van der Waals surface area contributed by atoms with Gasteiger partial charge in [0, 0.05) is 37.7 Å². The number of primary amides is 1. The zero-order valence-corrected chi connectivity index (χ0v) is 13.5. The van der Waals surface area contributed by atoms with Crippen LogP contribution in [-0.4, -0.2) is 56.5 Å². The van der Waals surface area contributed by atoms with Gasteiger partial charge >= 0.3 is 0 Å². The van der Waals surface area contributed by atoms with Crippen LogP contribution in [0.5, 0.6) is 0 Å². The molecule has 0 aliphatic carbocycles. The SMILES string of the molecule is CN(CC(=O)N1CCNCC1)c1cccc(Br)c1C(N)=O. The maximum Gasteiger partial charge on any atom is 0.251 e. The predicted octanol–water partition coefficient (Wildman–Crippen LogP) is 0.416. The summed E-state index contributed by atoms with van der Waals surface area (Å²) in [6.45, 7) is 3.29. The second kappa shape index (κ2) is 6.91. The summed E-state index contributed by atoms with van der Waals surface area (Å²) in [7, 11) is 1.79. The van der Waals surface area contributed by atoms with Crippen LogP contribution in [0.25, 0.3) is 0 Å². The number of rotatable bonds is 4. The molecule has 2 amide bonds. The number of halogens is 1. The molecule has 0 saturated carbocycles. The van der Waals surface area contributed by atoms with E-state index in [4.69, 9.17) is 5.73 Å². The lowest BCUT2D eigenvalue weighted by molar-refractivity contribution is -0.130. The molecule has 1 fully saturated rings. The Labute approximate surface area is 132 Å². The van der Waals surface area contributed by atoms with Crippen molar-refractivity contribution in [3.05, 3.63) is 28.2 Å². The van der Waals surface area contributed by atoms with Crippen LogP contribution < -0.4 is 16.0 Å². The average molecular weight is 355 g/mol. The molecule has 1 saturated heterocycles. The quantitative estimate of drug-likeness (QED) is 0.821. The number of nitrogens with zero attached hydrogens (tertiary/aromatic N) is 2. The van der Waals surface area contributed by atoms with E-state index in [9.17, 15) is 9.59 Å². The van der Waals surface area contributed by atoms with Gasteiger partial charge in [0.1, 0.15) is 0 Å². The van der Waals surface area contributed by atoms with E-state index >= 15 is 0 Å². The highest BCUT2D eigenvalue weighted by atomic mass is 79.9. The molecule has 1 aromatic rings. The predicted molar refractivity (Wildman–Crippen MR) is 85.4 cm³/mol. The highest BCUT2D eigenvalue weighted by molar-refractivity contribution is 9.10. The number of piperazine rings is 1. The monoisotopic (exact) mass is 354 g/mol. The minimum Gasteiger partial charge on any atom is -0.365 e. The summed E-state index contributed by atoms with van der Waals surface area (Å²) in [4.78, 5) is 27.5. The third kappa shape index (κ3) is 3.74. The van der Waals surface area contributed by atoms with Gasteiger partial charge in [-0.3, -0.25) is 9.59 Å². The Hall–Kier alpha value is -1.60. The number of hydrogen-bond acceptors (Lipinski definition) is 4. The van der Waals surface area contributed by atoms with Crippen molar-refractivity contribution in [3.63, 3.8) is 0 Å². The first-order valence-electron chi connectivity index (χ1n) is 6.78. The van der Waals surface area contributed by atoms with Crippen molar-refractivity contribution in [2.24, 2.45) is 5.73 Å². The third-order valence-electron chi connectivity index (χ3n) is 3.49. The Kier molecular flexibility index (Phi) is 5.19. The topological polar surface area (TPSA) is 78.7 Å². The van der Waals surface area contributed by atoms with Crippen molar-refractivity contribution < 1.29 is 9.59 Å². The van der Waals surface area contributed by atoms with Gasteiger partial charge < -0.3 is 20.9 Å². The molecule has 0 aromatic heterocycles. The number of carbonyl (C=O) groups is 2. The van der Waals surface area contributed by atoms with Crippen molar-refractivity contribution >= 4 is 33.4 Å². The van der Waals surface area contributed by atoms with E-state index in [2.05, 4.69) is 21.2 Å². The van der Waals surface area contributed by atoms with Crippen molar-refractivity contribution in [3.8, 4) is 0 Å². The first-order valence-corrected chi connectivity index (χ1v) is 7.58. The lowest BCUT2D eigenvalue weighted by atomic mass is 10.1. The van der Waals surface area contributed by atoms with Crippen LogP contribution in [0.1, 0.15) is 10.4 Å². The zero-order chi connectivity index (χ0) is 15.4. The van der Waals surface area contributed by atoms with E-state index in [1.165, 1.54) is 0 Å². The van der Waals surface area contributed by atoms with Crippen LogP contribution in [0, 0.1) is 0 Å². The summed E-state index contributed by atoms with van der Waals surface area (Å²) in [6.07, 6.45) is 0. The van der Waals surface area contributed by atoms with Crippen LogP contribution in [0.4, 0.5) is 5.69 Å². The molecule has 6 nitrogen and oxygen atoms in total. The van der Waals surface area contributed by atoms with E-state index in [1.54, 1.807) is 24.1 Å². The molecule has 0 atom stereocenters. The number of likely N-dealkylation sites (N-methyl/N-ethyl adjacent to an activating group) is 1. The first-order chi connectivity index (χ1) is 10.0. The van der Waals surface area contributed by atoms with E-state index in [1.807, 2.05) is 11.0 Å². The minimum atomic E-state index is -0.515. The largest absolute Gasteiger partial charge is 0.365 e. The van der Waals surface area contributed by atoms with E-state index in [0.717, 1.165) is 13.1 Å². The molecule has 21 heavy (non-hydrogen) atoms. The van der Waals surface area contributed by atoms with Gasteiger partial charge in [0.05, 0.1) is 17.8 Å². The van der Waals surface area contributed by atoms with Crippen molar-refractivity contribution in [2.45, 2.75) is 0 Å². The van der Waals surface area contributed by atoms with Gasteiger partial charge in [0.2, 0.25) is 5.91 Å². The van der Waals surface area contributed by atoms with E-state index in [0.29, 0.717) is 28.8 Å². The summed E-state index contributed by atoms with van der Waals surface area (Å²) >= 11 is 3.33. The highest BCUT2D eigenvalue weighted by Gasteiger charge is 2.21. The van der Waals surface area contributed by atoms with Crippen LogP contribution in [-0.2, 0) is 4.79 Å². The van der Waals surface area contributed by atoms with Gasteiger partial charge in [-0.1, -0.05) is 6.07 Å². The highest BCUT2D eigenvalue weighted by Crippen LogP contribution is 2.26.